The number of halogens is 1. The molecule has 0 saturated carbocycles. The standard InChI is InChI=1S/C20H17ClN2O5/c21-17-5-3-12(9-16(17)20(25)26)18-6-4-14(28-18)8-13(10-22)19(24)23-11-15-2-1-7-27-15/h3-6,8-9,15H,1-2,7,11H2,(H,23,24)(H,25,26)/b13-8+. The number of benzene rings is 1. The van der Waals surface area contributed by atoms with Crippen molar-refractivity contribution in [3.05, 3.63) is 52.3 Å². The number of rotatable bonds is 6. The SMILES string of the molecule is N#C/C(=C\c1ccc(-c2ccc(Cl)c(C(=O)O)c2)o1)C(=O)NCC1CCCO1. The van der Waals surface area contributed by atoms with Gasteiger partial charge >= 0.3 is 5.97 Å². The molecule has 1 aromatic carbocycles. The molecular weight excluding hydrogens is 384 g/mol. The molecule has 1 atom stereocenters. The van der Waals surface area contributed by atoms with Crippen LogP contribution >= 0.6 is 11.6 Å². The van der Waals surface area contributed by atoms with Crippen molar-refractivity contribution in [3.8, 4) is 17.4 Å². The highest BCUT2D eigenvalue weighted by molar-refractivity contribution is 6.33. The molecule has 0 spiro atoms. The molecule has 2 heterocycles. The van der Waals surface area contributed by atoms with Crippen molar-refractivity contribution in [1.29, 1.82) is 5.26 Å². The molecule has 0 aliphatic carbocycles. The zero-order valence-corrected chi connectivity index (χ0v) is 15.5. The van der Waals surface area contributed by atoms with Crippen LogP contribution in [-0.2, 0) is 9.53 Å². The molecule has 3 rings (SSSR count). The predicted octanol–water partition coefficient (Wildman–Crippen LogP) is 3.50. The lowest BCUT2D eigenvalue weighted by Crippen LogP contribution is -2.32. The first-order valence-electron chi connectivity index (χ1n) is 8.62. The summed E-state index contributed by atoms with van der Waals surface area (Å²) in [6.07, 6.45) is 3.16. The number of hydrogen-bond donors (Lipinski definition) is 2. The summed E-state index contributed by atoms with van der Waals surface area (Å²) in [5, 5.41) is 21.2. The van der Waals surface area contributed by atoms with Gasteiger partial charge in [-0.15, -0.1) is 0 Å². The smallest absolute Gasteiger partial charge is 0.337 e. The van der Waals surface area contributed by atoms with Gasteiger partial charge in [0.1, 0.15) is 23.2 Å². The van der Waals surface area contributed by atoms with Crippen LogP contribution in [0.15, 0.2) is 40.3 Å². The van der Waals surface area contributed by atoms with Crippen LogP contribution in [0.1, 0.15) is 29.0 Å². The fourth-order valence-electron chi connectivity index (χ4n) is 2.83. The maximum Gasteiger partial charge on any atom is 0.337 e. The van der Waals surface area contributed by atoms with E-state index in [2.05, 4.69) is 5.32 Å². The quantitative estimate of drug-likeness (QED) is 0.566. The number of carboxylic acid groups (broad SMARTS) is 1. The number of carbonyl (C=O) groups excluding carboxylic acids is 1. The lowest BCUT2D eigenvalue weighted by atomic mass is 10.1. The first-order valence-corrected chi connectivity index (χ1v) is 9.00. The monoisotopic (exact) mass is 400 g/mol. The maximum atomic E-state index is 12.2. The first kappa shape index (κ1) is 19.7. The third-order valence-corrected chi connectivity index (χ3v) is 4.60. The lowest BCUT2D eigenvalue weighted by molar-refractivity contribution is -0.117. The number of hydrogen-bond acceptors (Lipinski definition) is 5. The molecule has 0 radical (unpaired) electrons. The van der Waals surface area contributed by atoms with Crippen molar-refractivity contribution in [1.82, 2.24) is 5.32 Å². The Balaban J connectivity index is 1.74. The molecule has 1 fully saturated rings. The molecule has 28 heavy (non-hydrogen) atoms. The molecule has 2 aromatic rings. The second-order valence-corrected chi connectivity index (χ2v) is 6.62. The maximum absolute atomic E-state index is 12.2. The summed E-state index contributed by atoms with van der Waals surface area (Å²) in [5.74, 6) is -0.961. The number of carbonyl (C=O) groups is 2. The highest BCUT2D eigenvalue weighted by atomic mass is 35.5. The van der Waals surface area contributed by atoms with Crippen molar-refractivity contribution >= 4 is 29.6 Å². The van der Waals surface area contributed by atoms with Crippen LogP contribution in [0.25, 0.3) is 17.4 Å². The molecule has 1 saturated heterocycles. The second-order valence-electron chi connectivity index (χ2n) is 6.22. The third kappa shape index (κ3) is 4.60. The summed E-state index contributed by atoms with van der Waals surface area (Å²) in [4.78, 5) is 23.4. The van der Waals surface area contributed by atoms with Gasteiger partial charge < -0.3 is 19.6 Å². The van der Waals surface area contributed by atoms with Gasteiger partial charge in [0.15, 0.2) is 0 Å². The van der Waals surface area contributed by atoms with E-state index >= 15 is 0 Å². The van der Waals surface area contributed by atoms with E-state index in [0.717, 1.165) is 12.8 Å². The molecule has 1 aliphatic heterocycles. The summed E-state index contributed by atoms with van der Waals surface area (Å²) >= 11 is 5.87. The number of amides is 1. The fraction of sp³-hybridized carbons (Fsp3) is 0.250. The Labute approximate surface area is 166 Å². The molecule has 1 unspecified atom stereocenters. The van der Waals surface area contributed by atoms with Crippen molar-refractivity contribution in [2.75, 3.05) is 13.2 Å². The van der Waals surface area contributed by atoms with Gasteiger partial charge in [-0.2, -0.15) is 5.26 Å². The van der Waals surface area contributed by atoms with Crippen LogP contribution < -0.4 is 5.32 Å². The van der Waals surface area contributed by atoms with Crippen LogP contribution in [0.5, 0.6) is 0 Å². The number of nitriles is 1. The minimum absolute atomic E-state index is 0.0209. The molecule has 144 valence electrons. The van der Waals surface area contributed by atoms with Crippen LogP contribution in [0, 0.1) is 11.3 Å². The Morgan fingerprint density at radius 1 is 1.36 bits per heavy atom. The Kier molecular flexibility index (Phi) is 6.14. The van der Waals surface area contributed by atoms with E-state index in [9.17, 15) is 14.9 Å². The van der Waals surface area contributed by atoms with Gasteiger partial charge in [-0.05, 0) is 43.2 Å². The van der Waals surface area contributed by atoms with Crippen molar-refractivity contribution < 1.29 is 23.8 Å². The van der Waals surface area contributed by atoms with Gasteiger partial charge in [-0.25, -0.2) is 4.79 Å². The first-order chi connectivity index (χ1) is 13.5. The number of nitrogens with one attached hydrogen (secondary N) is 1. The van der Waals surface area contributed by atoms with Crippen molar-refractivity contribution in [3.63, 3.8) is 0 Å². The van der Waals surface area contributed by atoms with Gasteiger partial charge in [0.25, 0.3) is 5.91 Å². The predicted molar refractivity (Wildman–Crippen MR) is 102 cm³/mol. The van der Waals surface area contributed by atoms with Crippen LogP contribution in [-0.4, -0.2) is 36.2 Å². The van der Waals surface area contributed by atoms with E-state index in [1.165, 1.54) is 18.2 Å². The van der Waals surface area contributed by atoms with Gasteiger partial charge in [0.05, 0.1) is 16.7 Å². The van der Waals surface area contributed by atoms with Crippen molar-refractivity contribution in [2.24, 2.45) is 0 Å². The van der Waals surface area contributed by atoms with Gasteiger partial charge in [0, 0.05) is 24.8 Å². The minimum atomic E-state index is -1.15. The highest BCUT2D eigenvalue weighted by Crippen LogP contribution is 2.27. The van der Waals surface area contributed by atoms with Crippen LogP contribution in [0.3, 0.4) is 0 Å². The Hall–Kier alpha value is -3.08. The molecule has 1 aliphatic rings. The average molecular weight is 401 g/mol. The van der Waals surface area contributed by atoms with Crippen LogP contribution in [0.4, 0.5) is 0 Å². The van der Waals surface area contributed by atoms with Gasteiger partial charge in [-0.3, -0.25) is 4.79 Å². The summed E-state index contributed by atoms with van der Waals surface area (Å²) in [6, 6.07) is 9.57. The lowest BCUT2D eigenvalue weighted by Gasteiger charge is -2.09. The summed E-state index contributed by atoms with van der Waals surface area (Å²) in [6.45, 7) is 1.04. The number of aromatic carboxylic acids is 1. The molecule has 2 N–H and O–H groups in total. The van der Waals surface area contributed by atoms with Crippen LogP contribution in [0.2, 0.25) is 5.02 Å². The van der Waals surface area contributed by atoms with Gasteiger partial charge in [0.2, 0.25) is 0 Å². The Morgan fingerprint density at radius 2 is 2.18 bits per heavy atom. The second kappa shape index (κ2) is 8.74. The van der Waals surface area contributed by atoms with E-state index in [-0.39, 0.29) is 22.3 Å². The van der Waals surface area contributed by atoms with Gasteiger partial charge in [-0.1, -0.05) is 11.6 Å². The van der Waals surface area contributed by atoms with E-state index in [4.69, 9.17) is 25.9 Å². The normalized spacial score (nSPS) is 16.6. The van der Waals surface area contributed by atoms with E-state index in [1.807, 2.05) is 6.07 Å². The molecular formula is C20H17ClN2O5. The molecule has 0 bridgehead atoms. The van der Waals surface area contributed by atoms with Crippen molar-refractivity contribution in [2.45, 2.75) is 18.9 Å². The zero-order valence-electron chi connectivity index (χ0n) is 14.8. The fourth-order valence-corrected chi connectivity index (χ4v) is 3.02. The molecule has 7 nitrogen and oxygen atoms in total. The Bertz CT molecular complexity index is 967. The molecule has 8 heteroatoms. The molecule has 1 aromatic heterocycles. The molecule has 1 amide bonds. The summed E-state index contributed by atoms with van der Waals surface area (Å²) < 4.78 is 11.1. The topological polar surface area (TPSA) is 113 Å². The zero-order chi connectivity index (χ0) is 20.1. The largest absolute Gasteiger partial charge is 0.478 e. The number of nitrogens with zero attached hydrogens (tertiary/aromatic N) is 1. The summed E-state index contributed by atoms with van der Waals surface area (Å²) in [7, 11) is 0. The number of carboxylic acids is 1. The minimum Gasteiger partial charge on any atom is -0.478 e. The van der Waals surface area contributed by atoms with E-state index < -0.39 is 11.9 Å². The summed E-state index contributed by atoms with van der Waals surface area (Å²) in [5.41, 5.74) is 0.378. The highest BCUT2D eigenvalue weighted by Gasteiger charge is 2.18. The number of furan rings is 1. The number of ether oxygens (including phenoxy) is 1. The van der Waals surface area contributed by atoms with E-state index in [0.29, 0.717) is 30.2 Å². The van der Waals surface area contributed by atoms with E-state index in [1.54, 1.807) is 18.2 Å². The third-order valence-electron chi connectivity index (χ3n) is 4.27. The average Bonchev–Trinajstić information content (AvgIpc) is 3.36. The Morgan fingerprint density at radius 3 is 2.86 bits per heavy atom.